The maximum Gasteiger partial charge on any atom is 0.126 e. The second-order valence-corrected chi connectivity index (χ2v) is 5.72. The average Bonchev–Trinajstić information content (AvgIpc) is 2.96. The fourth-order valence-corrected chi connectivity index (χ4v) is 3.06. The first-order valence-corrected chi connectivity index (χ1v) is 7.84. The van der Waals surface area contributed by atoms with Gasteiger partial charge in [0, 0.05) is 48.6 Å². The van der Waals surface area contributed by atoms with E-state index in [9.17, 15) is 0 Å². The molecule has 0 atom stereocenters. The number of hydrogen-bond acceptors (Lipinski definition) is 5. The number of aromatic amines is 1. The Morgan fingerprint density at radius 1 is 1.13 bits per heavy atom. The van der Waals surface area contributed by atoms with Crippen molar-refractivity contribution in [2.75, 3.05) is 36.9 Å². The van der Waals surface area contributed by atoms with Gasteiger partial charge in [-0.2, -0.15) is 5.10 Å². The van der Waals surface area contributed by atoms with Crippen molar-refractivity contribution in [2.24, 2.45) is 0 Å². The molecule has 1 aliphatic heterocycles. The third-order valence-electron chi connectivity index (χ3n) is 4.18. The molecule has 3 N–H and O–H groups in total. The minimum Gasteiger partial charge on any atom is -0.384 e. The second kappa shape index (κ2) is 5.89. The van der Waals surface area contributed by atoms with Gasteiger partial charge in [-0.3, -0.25) is 5.10 Å². The van der Waals surface area contributed by atoms with E-state index in [4.69, 9.17) is 10.5 Å². The van der Waals surface area contributed by atoms with Crippen LogP contribution < -0.4 is 10.6 Å². The Bertz CT molecular complexity index is 807. The van der Waals surface area contributed by atoms with Gasteiger partial charge >= 0.3 is 0 Å². The number of nitrogens with two attached hydrogens (primary N) is 1. The highest BCUT2D eigenvalue weighted by atomic mass is 16.5. The molecule has 0 aliphatic carbocycles. The van der Waals surface area contributed by atoms with Crippen molar-refractivity contribution in [2.45, 2.75) is 6.42 Å². The summed E-state index contributed by atoms with van der Waals surface area (Å²) in [6.07, 6.45) is 2.77. The Hall–Kier alpha value is -2.60. The van der Waals surface area contributed by atoms with Crippen LogP contribution in [0.4, 0.5) is 11.5 Å². The molecular formula is C17H19N5O. The maximum absolute atomic E-state index is 6.05. The van der Waals surface area contributed by atoms with Crippen LogP contribution >= 0.6 is 0 Å². The number of anilines is 2. The molecule has 1 aromatic carbocycles. The molecule has 0 bridgehead atoms. The molecule has 0 radical (unpaired) electrons. The molecule has 6 nitrogen and oxygen atoms in total. The van der Waals surface area contributed by atoms with Gasteiger partial charge in [-0.1, -0.05) is 12.1 Å². The summed E-state index contributed by atoms with van der Waals surface area (Å²) in [7, 11) is 0. The SMILES string of the molecule is Nc1cc(N2CCCOCC2)c2ccc(-c3ccn[nH]3)cc2n1. The third-order valence-corrected chi connectivity index (χ3v) is 4.18. The molecule has 1 fully saturated rings. The number of H-pyrrole nitrogens is 1. The van der Waals surface area contributed by atoms with Crippen molar-refractivity contribution in [3.8, 4) is 11.3 Å². The Balaban J connectivity index is 1.81. The van der Waals surface area contributed by atoms with Gasteiger partial charge < -0.3 is 15.4 Å². The molecule has 0 amide bonds. The largest absolute Gasteiger partial charge is 0.384 e. The van der Waals surface area contributed by atoms with Crippen LogP contribution in [-0.4, -0.2) is 41.5 Å². The predicted molar refractivity (Wildman–Crippen MR) is 91.4 cm³/mol. The van der Waals surface area contributed by atoms with Crippen molar-refractivity contribution >= 4 is 22.4 Å². The van der Waals surface area contributed by atoms with E-state index in [1.54, 1.807) is 6.20 Å². The van der Waals surface area contributed by atoms with Crippen LogP contribution in [-0.2, 0) is 4.74 Å². The highest BCUT2D eigenvalue weighted by Crippen LogP contribution is 2.31. The van der Waals surface area contributed by atoms with Gasteiger partial charge in [-0.15, -0.1) is 0 Å². The van der Waals surface area contributed by atoms with Crippen molar-refractivity contribution in [1.82, 2.24) is 15.2 Å². The second-order valence-electron chi connectivity index (χ2n) is 5.72. The minimum absolute atomic E-state index is 0.541. The van der Waals surface area contributed by atoms with Crippen LogP contribution in [0.3, 0.4) is 0 Å². The number of fused-ring (bicyclic) bond motifs is 1. The molecule has 0 saturated carbocycles. The van der Waals surface area contributed by atoms with Gasteiger partial charge in [0.2, 0.25) is 0 Å². The summed E-state index contributed by atoms with van der Waals surface area (Å²) in [5, 5.41) is 8.10. The number of nitrogens with one attached hydrogen (secondary N) is 1. The van der Waals surface area contributed by atoms with Crippen LogP contribution in [0.15, 0.2) is 36.5 Å². The molecule has 0 spiro atoms. The summed E-state index contributed by atoms with van der Waals surface area (Å²) >= 11 is 0. The van der Waals surface area contributed by atoms with Crippen LogP contribution in [0.25, 0.3) is 22.2 Å². The number of hydrogen-bond donors (Lipinski definition) is 2. The molecule has 4 rings (SSSR count). The van der Waals surface area contributed by atoms with E-state index in [1.807, 2.05) is 12.1 Å². The Labute approximate surface area is 134 Å². The number of nitrogen functional groups attached to an aromatic ring is 1. The molecule has 2 aromatic heterocycles. The predicted octanol–water partition coefficient (Wildman–Crippen LogP) is 2.43. The normalized spacial score (nSPS) is 15.7. The zero-order valence-electron chi connectivity index (χ0n) is 12.8. The van der Waals surface area contributed by atoms with Crippen LogP contribution in [0.5, 0.6) is 0 Å². The third kappa shape index (κ3) is 2.73. The van der Waals surface area contributed by atoms with E-state index in [2.05, 4.69) is 38.3 Å². The van der Waals surface area contributed by atoms with Gasteiger partial charge in [-0.25, -0.2) is 4.98 Å². The Kier molecular flexibility index (Phi) is 3.59. The van der Waals surface area contributed by atoms with Crippen LogP contribution in [0, 0.1) is 0 Å². The van der Waals surface area contributed by atoms with Gasteiger partial charge in [0.15, 0.2) is 0 Å². The lowest BCUT2D eigenvalue weighted by molar-refractivity contribution is 0.152. The molecule has 6 heteroatoms. The maximum atomic E-state index is 6.05. The lowest BCUT2D eigenvalue weighted by Crippen LogP contribution is -2.26. The molecular weight excluding hydrogens is 290 g/mol. The van der Waals surface area contributed by atoms with Gasteiger partial charge in [0.05, 0.1) is 17.8 Å². The summed E-state index contributed by atoms with van der Waals surface area (Å²) < 4.78 is 5.56. The first kappa shape index (κ1) is 14.0. The van der Waals surface area contributed by atoms with Gasteiger partial charge in [0.1, 0.15) is 5.82 Å². The van der Waals surface area contributed by atoms with E-state index in [-0.39, 0.29) is 0 Å². The number of nitrogens with zero attached hydrogens (tertiary/aromatic N) is 3. The highest BCUT2D eigenvalue weighted by molar-refractivity contribution is 5.95. The van der Waals surface area contributed by atoms with Gasteiger partial charge in [0.25, 0.3) is 0 Å². The van der Waals surface area contributed by atoms with Crippen molar-refractivity contribution < 1.29 is 4.74 Å². The number of benzene rings is 1. The zero-order valence-corrected chi connectivity index (χ0v) is 12.8. The lowest BCUT2D eigenvalue weighted by atomic mass is 10.1. The topological polar surface area (TPSA) is 80.1 Å². The standard InChI is InChI=1S/C17H19N5O/c18-17-11-16(22-6-1-8-23-9-7-22)13-3-2-12(10-15(13)20-17)14-4-5-19-21-14/h2-5,10-11H,1,6-9H2,(H2,18,20)(H,19,21). The summed E-state index contributed by atoms with van der Waals surface area (Å²) in [5.74, 6) is 0.541. The fraction of sp³-hybridized carbons (Fsp3) is 0.294. The minimum atomic E-state index is 0.541. The van der Waals surface area contributed by atoms with E-state index in [1.165, 1.54) is 0 Å². The van der Waals surface area contributed by atoms with E-state index < -0.39 is 0 Å². The van der Waals surface area contributed by atoms with Gasteiger partial charge in [-0.05, 0) is 18.6 Å². The number of aromatic nitrogens is 3. The average molecular weight is 309 g/mol. The van der Waals surface area contributed by atoms with Crippen molar-refractivity contribution in [3.63, 3.8) is 0 Å². The van der Waals surface area contributed by atoms with E-state index in [0.29, 0.717) is 5.82 Å². The molecule has 1 saturated heterocycles. The zero-order chi connectivity index (χ0) is 15.6. The quantitative estimate of drug-likeness (QED) is 0.760. The number of rotatable bonds is 2. The van der Waals surface area contributed by atoms with Crippen molar-refractivity contribution in [1.29, 1.82) is 0 Å². The molecule has 118 valence electrons. The van der Waals surface area contributed by atoms with E-state index in [0.717, 1.165) is 60.6 Å². The Morgan fingerprint density at radius 3 is 2.96 bits per heavy atom. The summed E-state index contributed by atoms with van der Waals surface area (Å²) in [4.78, 5) is 6.85. The first-order valence-electron chi connectivity index (χ1n) is 7.84. The molecule has 3 aromatic rings. The summed E-state index contributed by atoms with van der Waals surface area (Å²) in [5.41, 5.74) is 10.1. The Morgan fingerprint density at radius 2 is 2.09 bits per heavy atom. The van der Waals surface area contributed by atoms with Crippen LogP contribution in [0.2, 0.25) is 0 Å². The fourth-order valence-electron chi connectivity index (χ4n) is 3.06. The van der Waals surface area contributed by atoms with Crippen LogP contribution in [0.1, 0.15) is 6.42 Å². The molecule has 0 unspecified atom stereocenters. The first-order chi connectivity index (χ1) is 11.3. The summed E-state index contributed by atoms with van der Waals surface area (Å²) in [6, 6.07) is 10.2. The number of pyridine rings is 1. The highest BCUT2D eigenvalue weighted by Gasteiger charge is 2.15. The number of ether oxygens (including phenoxy) is 1. The van der Waals surface area contributed by atoms with Crippen molar-refractivity contribution in [3.05, 3.63) is 36.5 Å². The smallest absolute Gasteiger partial charge is 0.126 e. The molecule has 1 aliphatic rings. The summed E-state index contributed by atoms with van der Waals surface area (Å²) in [6.45, 7) is 3.41. The van der Waals surface area contributed by atoms with E-state index >= 15 is 0 Å². The monoisotopic (exact) mass is 309 g/mol. The lowest BCUT2D eigenvalue weighted by Gasteiger charge is -2.24. The molecule has 23 heavy (non-hydrogen) atoms. The molecule has 3 heterocycles.